The predicted octanol–water partition coefficient (Wildman–Crippen LogP) is 1.60. The number of hydrogen-bond donors (Lipinski definition) is 1. The van der Waals surface area contributed by atoms with E-state index in [2.05, 4.69) is 16.8 Å². The molecule has 1 N–H and O–H groups in total. The molecule has 2 unspecified atom stereocenters. The summed E-state index contributed by atoms with van der Waals surface area (Å²) in [6, 6.07) is -0.774. The lowest BCUT2D eigenvalue weighted by Crippen LogP contribution is -2.40. The Morgan fingerprint density at radius 1 is 1.45 bits per heavy atom. The molecule has 22 heavy (non-hydrogen) atoms. The number of anilines is 1. The average molecular weight is 326 g/mol. The molecule has 1 fully saturated rings. The molecule has 0 saturated carbocycles. The summed E-state index contributed by atoms with van der Waals surface area (Å²) in [5.41, 5.74) is -0.156. The van der Waals surface area contributed by atoms with Crippen molar-refractivity contribution in [2.45, 2.75) is 38.5 Å². The van der Waals surface area contributed by atoms with E-state index in [9.17, 15) is 9.90 Å². The molecule has 2 rings (SSSR count). The minimum absolute atomic E-state index is 0.156. The van der Waals surface area contributed by atoms with Crippen LogP contribution in [0.5, 0.6) is 0 Å². The van der Waals surface area contributed by atoms with Crippen molar-refractivity contribution < 1.29 is 14.6 Å². The smallest absolute Gasteiger partial charge is 0.329 e. The maximum absolute atomic E-state index is 12.6. The van der Waals surface area contributed by atoms with Gasteiger partial charge in [-0.25, -0.2) is 9.69 Å². The molecule has 1 aliphatic heterocycles. The van der Waals surface area contributed by atoms with E-state index in [1.807, 2.05) is 20.8 Å². The third-order valence-electron chi connectivity index (χ3n) is 3.39. The zero-order valence-electron chi connectivity index (χ0n) is 13.3. The Morgan fingerprint density at radius 2 is 2.14 bits per heavy atom. The Bertz CT molecular complexity index is 555. The summed E-state index contributed by atoms with van der Waals surface area (Å²) in [5, 5.41) is 19.9. The molecule has 2 heterocycles. The predicted molar refractivity (Wildman–Crippen MR) is 85.1 cm³/mol. The molecule has 8 heteroatoms. The number of ether oxygens (including phenoxy) is 1. The van der Waals surface area contributed by atoms with E-state index in [1.165, 1.54) is 28.2 Å². The van der Waals surface area contributed by atoms with Gasteiger partial charge >= 0.3 is 6.03 Å². The fourth-order valence-electron chi connectivity index (χ4n) is 2.24. The number of hydrogen-bond acceptors (Lipinski definition) is 6. The molecule has 7 nitrogen and oxygen atoms in total. The molecule has 0 aliphatic carbocycles. The second kappa shape index (κ2) is 6.31. The van der Waals surface area contributed by atoms with E-state index < -0.39 is 12.3 Å². The van der Waals surface area contributed by atoms with Crippen molar-refractivity contribution in [2.75, 3.05) is 25.2 Å². The molecule has 2 atom stereocenters. The molecule has 2 amide bonds. The SMILES string of the molecule is C=CCN1C(=O)N(c2nnc(C(C)(C)C)s2)C(O)C1COC. The van der Waals surface area contributed by atoms with Crippen LogP contribution in [0.15, 0.2) is 12.7 Å². The van der Waals surface area contributed by atoms with Crippen LogP contribution in [0.4, 0.5) is 9.93 Å². The number of amides is 2. The van der Waals surface area contributed by atoms with Gasteiger partial charge in [0.15, 0.2) is 6.23 Å². The first-order chi connectivity index (χ1) is 10.3. The number of methoxy groups -OCH3 is 1. The first kappa shape index (κ1) is 16.9. The summed E-state index contributed by atoms with van der Waals surface area (Å²) in [6.07, 6.45) is 0.602. The zero-order valence-corrected chi connectivity index (χ0v) is 14.1. The fourth-order valence-corrected chi connectivity index (χ4v) is 3.16. The Kier molecular flexibility index (Phi) is 4.84. The topological polar surface area (TPSA) is 78.8 Å². The van der Waals surface area contributed by atoms with Gasteiger partial charge in [0.05, 0.1) is 6.61 Å². The van der Waals surface area contributed by atoms with Crippen molar-refractivity contribution in [3.8, 4) is 0 Å². The van der Waals surface area contributed by atoms with E-state index in [0.29, 0.717) is 11.7 Å². The Labute approximate surface area is 134 Å². The summed E-state index contributed by atoms with van der Waals surface area (Å²) < 4.78 is 5.12. The lowest BCUT2D eigenvalue weighted by Gasteiger charge is -2.22. The number of rotatable bonds is 5. The van der Waals surface area contributed by atoms with Gasteiger partial charge in [-0.1, -0.05) is 38.2 Å². The Balaban J connectivity index is 2.32. The van der Waals surface area contributed by atoms with E-state index in [-0.39, 0.29) is 18.1 Å². The lowest BCUT2D eigenvalue weighted by molar-refractivity contribution is 0.0590. The first-order valence-corrected chi connectivity index (χ1v) is 7.84. The van der Waals surface area contributed by atoms with Gasteiger partial charge in [-0.15, -0.1) is 16.8 Å². The normalized spacial score (nSPS) is 22.5. The molecule has 0 aromatic carbocycles. The van der Waals surface area contributed by atoms with Crippen molar-refractivity contribution in [1.82, 2.24) is 15.1 Å². The van der Waals surface area contributed by atoms with Gasteiger partial charge in [0.2, 0.25) is 5.13 Å². The second-order valence-electron chi connectivity index (χ2n) is 6.17. The molecule has 1 aromatic rings. The number of urea groups is 1. The summed E-state index contributed by atoms with van der Waals surface area (Å²) >= 11 is 1.31. The van der Waals surface area contributed by atoms with Crippen LogP contribution in [-0.2, 0) is 10.2 Å². The zero-order chi connectivity index (χ0) is 16.5. The number of nitrogens with zero attached hydrogens (tertiary/aromatic N) is 4. The maximum Gasteiger partial charge on any atom is 0.329 e. The van der Waals surface area contributed by atoms with Crippen molar-refractivity contribution in [2.24, 2.45) is 0 Å². The summed E-state index contributed by atoms with van der Waals surface area (Å²) in [4.78, 5) is 15.4. The molecule has 0 spiro atoms. The first-order valence-electron chi connectivity index (χ1n) is 7.03. The van der Waals surface area contributed by atoms with Gasteiger partial charge in [-0.2, -0.15) is 0 Å². The Morgan fingerprint density at radius 3 is 2.64 bits per heavy atom. The third kappa shape index (κ3) is 2.99. The van der Waals surface area contributed by atoms with Gasteiger partial charge in [-0.05, 0) is 0 Å². The van der Waals surface area contributed by atoms with Crippen LogP contribution in [-0.4, -0.2) is 58.8 Å². The highest BCUT2D eigenvalue weighted by Crippen LogP contribution is 2.34. The Hall–Kier alpha value is -1.51. The number of aromatic nitrogens is 2. The van der Waals surface area contributed by atoms with Crippen LogP contribution in [0.25, 0.3) is 0 Å². The van der Waals surface area contributed by atoms with Crippen molar-refractivity contribution in [3.63, 3.8) is 0 Å². The highest BCUT2D eigenvalue weighted by molar-refractivity contribution is 7.15. The number of carbonyl (C=O) groups excluding carboxylic acids is 1. The summed E-state index contributed by atoms with van der Waals surface area (Å²) in [6.45, 7) is 10.3. The van der Waals surface area contributed by atoms with E-state index in [1.54, 1.807) is 6.08 Å². The molecule has 0 bridgehead atoms. The lowest BCUT2D eigenvalue weighted by atomic mass is 9.98. The number of carbonyl (C=O) groups is 1. The van der Waals surface area contributed by atoms with E-state index in [0.717, 1.165) is 5.01 Å². The van der Waals surface area contributed by atoms with Gasteiger partial charge in [0, 0.05) is 19.1 Å². The van der Waals surface area contributed by atoms with Crippen LogP contribution in [0.3, 0.4) is 0 Å². The van der Waals surface area contributed by atoms with Crippen LogP contribution in [0.1, 0.15) is 25.8 Å². The van der Waals surface area contributed by atoms with E-state index in [4.69, 9.17) is 4.74 Å². The average Bonchev–Trinajstić information content (AvgIpc) is 2.98. The van der Waals surface area contributed by atoms with E-state index >= 15 is 0 Å². The van der Waals surface area contributed by atoms with Crippen LogP contribution in [0.2, 0.25) is 0 Å². The standard InChI is InChI=1S/C14H22N4O3S/c1-6-7-17-9(8-21-5)10(19)18(13(17)20)12-16-15-11(22-12)14(2,3)4/h6,9-10,19H,1,7-8H2,2-5H3. The monoisotopic (exact) mass is 326 g/mol. The van der Waals surface area contributed by atoms with Gasteiger partial charge in [0.1, 0.15) is 11.0 Å². The molecular formula is C14H22N4O3S. The minimum atomic E-state index is -1.02. The molecule has 122 valence electrons. The fraction of sp³-hybridized carbons (Fsp3) is 0.643. The van der Waals surface area contributed by atoms with Crippen LogP contribution < -0.4 is 4.90 Å². The number of aliphatic hydroxyl groups excluding tert-OH is 1. The molecule has 1 saturated heterocycles. The highest BCUT2D eigenvalue weighted by Gasteiger charge is 2.46. The van der Waals surface area contributed by atoms with Crippen LogP contribution >= 0.6 is 11.3 Å². The largest absolute Gasteiger partial charge is 0.382 e. The highest BCUT2D eigenvalue weighted by atomic mass is 32.1. The van der Waals surface area contributed by atoms with Crippen molar-refractivity contribution in [1.29, 1.82) is 0 Å². The minimum Gasteiger partial charge on any atom is -0.382 e. The summed E-state index contributed by atoms with van der Waals surface area (Å²) in [5.74, 6) is 0. The second-order valence-corrected chi connectivity index (χ2v) is 7.13. The third-order valence-corrected chi connectivity index (χ3v) is 4.73. The molecule has 1 aromatic heterocycles. The molecule has 1 aliphatic rings. The van der Waals surface area contributed by atoms with Crippen molar-refractivity contribution >= 4 is 22.5 Å². The quantitative estimate of drug-likeness (QED) is 0.832. The van der Waals surface area contributed by atoms with Crippen molar-refractivity contribution in [3.05, 3.63) is 17.7 Å². The molecule has 0 radical (unpaired) electrons. The van der Waals surface area contributed by atoms with Gasteiger partial charge < -0.3 is 14.7 Å². The number of aliphatic hydroxyl groups is 1. The van der Waals surface area contributed by atoms with Crippen LogP contribution in [0, 0.1) is 0 Å². The summed E-state index contributed by atoms with van der Waals surface area (Å²) in [7, 11) is 1.54. The van der Waals surface area contributed by atoms with Gasteiger partial charge in [0.25, 0.3) is 0 Å². The maximum atomic E-state index is 12.6. The molecular weight excluding hydrogens is 304 g/mol. The van der Waals surface area contributed by atoms with Gasteiger partial charge in [-0.3, -0.25) is 0 Å².